The maximum Gasteiger partial charge on any atom is 0.220 e. The zero-order valence-electron chi connectivity index (χ0n) is 17.4. The Morgan fingerprint density at radius 3 is 2.64 bits per heavy atom. The van der Waals surface area contributed by atoms with Crippen molar-refractivity contribution in [2.24, 2.45) is 17.6 Å². The Kier molecular flexibility index (Phi) is 6.54. The van der Waals surface area contributed by atoms with E-state index in [1.807, 2.05) is 0 Å². The van der Waals surface area contributed by atoms with Gasteiger partial charge in [-0.2, -0.15) is 5.48 Å². The fraction of sp³-hybridized carbons (Fsp3) is 0.950. The molecule has 5 atom stereocenters. The average molecular weight is 395 g/mol. The highest BCUT2D eigenvalue weighted by molar-refractivity contribution is 5.76. The zero-order chi connectivity index (χ0) is 19.7. The van der Waals surface area contributed by atoms with E-state index in [-0.39, 0.29) is 24.2 Å². The summed E-state index contributed by atoms with van der Waals surface area (Å²) in [5.74, 6) is 0.455. The summed E-state index contributed by atoms with van der Waals surface area (Å²) in [7, 11) is 0. The quantitative estimate of drug-likeness (QED) is 0.528. The molecule has 4 unspecified atom stereocenters. The molecule has 0 radical (unpaired) electrons. The van der Waals surface area contributed by atoms with Gasteiger partial charge in [-0.1, -0.05) is 0 Å². The van der Waals surface area contributed by atoms with Crippen molar-refractivity contribution >= 4 is 5.91 Å². The van der Waals surface area contributed by atoms with Gasteiger partial charge in [0.1, 0.15) is 6.23 Å². The molecular weight excluding hydrogens is 356 g/mol. The number of nitrogens with zero attached hydrogens (tertiary/aromatic N) is 2. The van der Waals surface area contributed by atoms with Gasteiger partial charge in [-0.25, -0.2) is 0 Å². The van der Waals surface area contributed by atoms with Crippen molar-refractivity contribution in [3.63, 3.8) is 0 Å². The molecule has 0 saturated carbocycles. The standard InChI is InChI=1S/C20H38N6O2/c1-13(2)26-9-3-4-16(26)20-23-19(24-28-20)15-5-8-22-17(12-15)25-10-6-14(7-11-25)18(21)27/h13-17,19-20,22-24H,3-12H2,1-2H3,(H2,21,27)/t15?,16-,17?,19?,20?/m0/s1. The Balaban J connectivity index is 1.29. The van der Waals surface area contributed by atoms with Crippen LogP contribution in [0.2, 0.25) is 0 Å². The molecular formula is C20H38N6O2. The van der Waals surface area contributed by atoms with Crippen LogP contribution in [-0.2, 0) is 9.63 Å². The van der Waals surface area contributed by atoms with Crippen molar-refractivity contribution in [2.75, 3.05) is 26.2 Å². The summed E-state index contributed by atoms with van der Waals surface area (Å²) >= 11 is 0. The summed E-state index contributed by atoms with van der Waals surface area (Å²) in [6, 6.07) is 1.02. The molecule has 0 aromatic carbocycles. The lowest BCUT2D eigenvalue weighted by Crippen LogP contribution is -2.57. The molecule has 4 aliphatic heterocycles. The van der Waals surface area contributed by atoms with E-state index in [0.29, 0.717) is 24.2 Å². The third-order valence-corrected chi connectivity index (χ3v) is 7.29. The molecule has 8 nitrogen and oxygen atoms in total. The van der Waals surface area contributed by atoms with Gasteiger partial charge in [0.05, 0.1) is 18.4 Å². The van der Waals surface area contributed by atoms with Gasteiger partial charge < -0.3 is 11.1 Å². The summed E-state index contributed by atoms with van der Waals surface area (Å²) in [4.78, 5) is 22.5. The third kappa shape index (κ3) is 4.37. The SMILES string of the molecule is CC(C)N1CCC[C@H]1C1NC(C2CCNC(N3CCC(C(N)=O)CC3)C2)NO1. The van der Waals surface area contributed by atoms with Gasteiger partial charge in [-0.05, 0) is 71.4 Å². The van der Waals surface area contributed by atoms with Gasteiger partial charge in [-0.15, -0.1) is 0 Å². The molecule has 4 aliphatic rings. The number of hydrogen-bond donors (Lipinski definition) is 4. The lowest BCUT2D eigenvalue weighted by molar-refractivity contribution is -0.123. The number of likely N-dealkylation sites (tertiary alicyclic amines) is 2. The normalized spacial score (nSPS) is 39.0. The molecule has 4 fully saturated rings. The van der Waals surface area contributed by atoms with Crippen LogP contribution in [0.5, 0.6) is 0 Å². The van der Waals surface area contributed by atoms with E-state index in [9.17, 15) is 4.79 Å². The van der Waals surface area contributed by atoms with Gasteiger partial charge in [-0.3, -0.25) is 24.7 Å². The van der Waals surface area contributed by atoms with Crippen molar-refractivity contribution in [3.8, 4) is 0 Å². The Morgan fingerprint density at radius 1 is 1.14 bits per heavy atom. The first-order valence-corrected chi connectivity index (χ1v) is 11.2. The van der Waals surface area contributed by atoms with Crippen LogP contribution in [0.4, 0.5) is 0 Å². The first kappa shape index (κ1) is 20.5. The number of hydroxylamine groups is 1. The molecule has 0 spiro atoms. The van der Waals surface area contributed by atoms with Crippen LogP contribution >= 0.6 is 0 Å². The Hall–Kier alpha value is -0.770. The highest BCUT2D eigenvalue weighted by atomic mass is 16.7. The number of carbonyl (C=O) groups excluding carboxylic acids is 1. The first-order chi connectivity index (χ1) is 13.5. The van der Waals surface area contributed by atoms with E-state index in [4.69, 9.17) is 10.6 Å². The Morgan fingerprint density at radius 2 is 1.93 bits per heavy atom. The molecule has 4 saturated heterocycles. The number of rotatable bonds is 5. The summed E-state index contributed by atoms with van der Waals surface area (Å²) < 4.78 is 0. The average Bonchev–Trinajstić information content (AvgIpc) is 3.37. The highest BCUT2D eigenvalue weighted by Crippen LogP contribution is 2.29. The van der Waals surface area contributed by atoms with Gasteiger partial charge >= 0.3 is 0 Å². The van der Waals surface area contributed by atoms with Crippen molar-refractivity contribution in [2.45, 2.75) is 83.0 Å². The van der Waals surface area contributed by atoms with E-state index >= 15 is 0 Å². The minimum atomic E-state index is -0.140. The number of carbonyl (C=O) groups is 1. The number of hydrogen-bond acceptors (Lipinski definition) is 7. The first-order valence-electron chi connectivity index (χ1n) is 11.2. The van der Waals surface area contributed by atoms with E-state index in [2.05, 4.69) is 39.8 Å². The van der Waals surface area contributed by atoms with E-state index in [0.717, 1.165) is 45.3 Å². The van der Waals surface area contributed by atoms with Crippen molar-refractivity contribution in [3.05, 3.63) is 0 Å². The molecule has 0 aromatic rings. The number of primary amides is 1. The van der Waals surface area contributed by atoms with Gasteiger partial charge in [0.25, 0.3) is 0 Å². The van der Waals surface area contributed by atoms with Crippen LogP contribution in [-0.4, -0.2) is 72.5 Å². The molecule has 0 aliphatic carbocycles. The monoisotopic (exact) mass is 394 g/mol. The fourth-order valence-corrected chi connectivity index (χ4v) is 5.59. The number of nitrogens with two attached hydrogens (primary N) is 1. The summed E-state index contributed by atoms with van der Waals surface area (Å²) in [6.45, 7) is 8.65. The Labute approximate surface area is 168 Å². The minimum Gasteiger partial charge on any atom is -0.369 e. The number of amides is 1. The molecule has 5 N–H and O–H groups in total. The van der Waals surface area contributed by atoms with E-state index in [1.165, 1.54) is 19.4 Å². The van der Waals surface area contributed by atoms with Gasteiger partial charge in [0.2, 0.25) is 5.91 Å². The summed E-state index contributed by atoms with van der Waals surface area (Å²) in [6.07, 6.45) is 7.15. The van der Waals surface area contributed by atoms with Crippen LogP contribution in [0.25, 0.3) is 0 Å². The summed E-state index contributed by atoms with van der Waals surface area (Å²) in [5.41, 5.74) is 8.79. The largest absolute Gasteiger partial charge is 0.369 e. The molecule has 160 valence electrons. The highest BCUT2D eigenvalue weighted by Gasteiger charge is 2.42. The molecule has 28 heavy (non-hydrogen) atoms. The smallest absolute Gasteiger partial charge is 0.220 e. The zero-order valence-corrected chi connectivity index (χ0v) is 17.4. The lowest BCUT2D eigenvalue weighted by atomic mass is 9.90. The van der Waals surface area contributed by atoms with Crippen molar-refractivity contribution in [1.82, 2.24) is 25.9 Å². The van der Waals surface area contributed by atoms with Gasteiger partial charge in [0.15, 0.2) is 0 Å². The maximum atomic E-state index is 11.4. The molecule has 0 aromatic heterocycles. The summed E-state index contributed by atoms with van der Waals surface area (Å²) in [5, 5.41) is 7.43. The van der Waals surface area contributed by atoms with E-state index in [1.54, 1.807) is 0 Å². The van der Waals surface area contributed by atoms with Crippen LogP contribution in [0.3, 0.4) is 0 Å². The second-order valence-electron chi connectivity index (χ2n) is 9.31. The number of piperidine rings is 2. The molecule has 4 rings (SSSR count). The molecule has 1 amide bonds. The Bertz CT molecular complexity index is 539. The van der Waals surface area contributed by atoms with Crippen LogP contribution < -0.4 is 21.8 Å². The lowest BCUT2D eigenvalue weighted by Gasteiger charge is -2.42. The predicted octanol–water partition coefficient (Wildman–Crippen LogP) is 0.159. The molecule has 0 bridgehead atoms. The third-order valence-electron chi connectivity index (χ3n) is 7.29. The minimum absolute atomic E-state index is 0.0540. The maximum absolute atomic E-state index is 11.4. The van der Waals surface area contributed by atoms with Crippen LogP contribution in [0, 0.1) is 11.8 Å². The predicted molar refractivity (Wildman–Crippen MR) is 108 cm³/mol. The van der Waals surface area contributed by atoms with Crippen LogP contribution in [0.15, 0.2) is 0 Å². The van der Waals surface area contributed by atoms with Crippen molar-refractivity contribution < 1.29 is 9.63 Å². The number of nitrogens with one attached hydrogen (secondary N) is 3. The topological polar surface area (TPSA) is 94.9 Å². The second-order valence-corrected chi connectivity index (χ2v) is 9.31. The van der Waals surface area contributed by atoms with Gasteiger partial charge in [0, 0.05) is 25.0 Å². The fourth-order valence-electron chi connectivity index (χ4n) is 5.59. The van der Waals surface area contributed by atoms with Crippen LogP contribution in [0.1, 0.15) is 52.4 Å². The molecule has 8 heteroatoms. The van der Waals surface area contributed by atoms with Crippen molar-refractivity contribution in [1.29, 1.82) is 0 Å². The molecule has 4 heterocycles. The second kappa shape index (κ2) is 8.93. The van der Waals surface area contributed by atoms with E-state index < -0.39 is 0 Å².